The van der Waals surface area contributed by atoms with Crippen molar-refractivity contribution in [2.24, 2.45) is 0 Å². The van der Waals surface area contributed by atoms with Crippen LogP contribution < -0.4 is 0 Å². The summed E-state index contributed by atoms with van der Waals surface area (Å²) in [5.41, 5.74) is 0.698. The molecule has 1 aliphatic heterocycles. The molecule has 3 aromatic rings. The number of carbonyl (C=O) groups excluding carboxylic acids is 2. The third-order valence-corrected chi connectivity index (χ3v) is 6.18. The fraction of sp³-hybridized carbons (Fsp3) is 0.333. The van der Waals surface area contributed by atoms with Crippen LogP contribution >= 0.6 is 23.4 Å². The minimum atomic E-state index is -0.340. The molecular weight excluding hydrogens is 454 g/mol. The van der Waals surface area contributed by atoms with Gasteiger partial charge in [0.2, 0.25) is 11.7 Å². The smallest absolute Gasteiger partial charge is 0.409 e. The van der Waals surface area contributed by atoms with Crippen LogP contribution in [0.5, 0.6) is 0 Å². The van der Waals surface area contributed by atoms with Crippen molar-refractivity contribution in [3.8, 4) is 17.3 Å². The number of benzene rings is 1. The van der Waals surface area contributed by atoms with Crippen LogP contribution in [0.25, 0.3) is 17.3 Å². The standard InChI is InChI=1S/C21H22ClN5O4S/c1-2-30-21(29)26-11-9-25(10-12-26)18(28)14-32-20-24-23-19(17-8-5-13-31-17)27(20)16-7-4-3-6-15(16)22/h3-8,13H,2,9-12,14H2,1H3. The minimum absolute atomic E-state index is 0.0354. The van der Waals surface area contributed by atoms with Gasteiger partial charge in [0.25, 0.3) is 0 Å². The van der Waals surface area contributed by atoms with Crippen LogP contribution in [0.15, 0.2) is 52.2 Å². The molecule has 2 aromatic heterocycles. The largest absolute Gasteiger partial charge is 0.461 e. The van der Waals surface area contributed by atoms with Gasteiger partial charge in [-0.15, -0.1) is 10.2 Å². The van der Waals surface area contributed by atoms with Gasteiger partial charge in [-0.1, -0.05) is 35.5 Å². The van der Waals surface area contributed by atoms with E-state index in [1.54, 1.807) is 45.8 Å². The van der Waals surface area contributed by atoms with E-state index in [0.29, 0.717) is 60.2 Å². The average molecular weight is 476 g/mol. The zero-order valence-electron chi connectivity index (χ0n) is 17.4. The fourth-order valence-electron chi connectivity index (χ4n) is 3.35. The normalized spacial score (nSPS) is 13.9. The minimum Gasteiger partial charge on any atom is -0.461 e. The number of piperazine rings is 1. The second-order valence-electron chi connectivity index (χ2n) is 6.93. The van der Waals surface area contributed by atoms with Gasteiger partial charge >= 0.3 is 6.09 Å². The molecule has 168 valence electrons. The van der Waals surface area contributed by atoms with Crippen LogP contribution in [0.4, 0.5) is 4.79 Å². The number of furan rings is 1. The second kappa shape index (κ2) is 10.1. The summed E-state index contributed by atoms with van der Waals surface area (Å²) in [6.07, 6.45) is 1.22. The molecule has 0 bridgehead atoms. The quantitative estimate of drug-likeness (QED) is 0.503. The molecule has 4 rings (SSSR count). The number of carbonyl (C=O) groups is 2. The van der Waals surface area contributed by atoms with Gasteiger partial charge in [-0.2, -0.15) is 0 Å². The molecular formula is C21H22ClN5O4S. The maximum absolute atomic E-state index is 12.8. The molecule has 0 N–H and O–H groups in total. The van der Waals surface area contributed by atoms with E-state index in [2.05, 4.69) is 10.2 Å². The first-order chi connectivity index (χ1) is 15.6. The molecule has 1 aromatic carbocycles. The van der Waals surface area contributed by atoms with Gasteiger partial charge in [-0.3, -0.25) is 9.36 Å². The monoisotopic (exact) mass is 475 g/mol. The molecule has 11 heteroatoms. The SMILES string of the molecule is CCOC(=O)N1CCN(C(=O)CSc2nnc(-c3ccco3)n2-c2ccccc2Cl)CC1. The predicted molar refractivity (Wildman–Crippen MR) is 120 cm³/mol. The lowest BCUT2D eigenvalue weighted by Gasteiger charge is -2.34. The number of nitrogens with zero attached hydrogens (tertiary/aromatic N) is 5. The van der Waals surface area contributed by atoms with E-state index in [0.717, 1.165) is 0 Å². The van der Waals surface area contributed by atoms with Gasteiger partial charge in [-0.25, -0.2) is 4.79 Å². The number of rotatable bonds is 6. The number of hydrogen-bond acceptors (Lipinski definition) is 7. The molecule has 0 saturated carbocycles. The van der Waals surface area contributed by atoms with E-state index in [4.69, 9.17) is 20.8 Å². The van der Waals surface area contributed by atoms with Gasteiger partial charge in [0.05, 0.1) is 29.3 Å². The molecule has 0 aliphatic carbocycles. The summed E-state index contributed by atoms with van der Waals surface area (Å²) in [5.74, 6) is 1.19. The van der Waals surface area contributed by atoms with Gasteiger partial charge in [0.15, 0.2) is 10.9 Å². The van der Waals surface area contributed by atoms with E-state index in [1.165, 1.54) is 11.8 Å². The highest BCUT2D eigenvalue weighted by atomic mass is 35.5. The number of ether oxygens (including phenoxy) is 1. The van der Waals surface area contributed by atoms with Crippen LogP contribution in [-0.2, 0) is 9.53 Å². The highest BCUT2D eigenvalue weighted by Gasteiger charge is 2.26. The Morgan fingerprint density at radius 1 is 1.09 bits per heavy atom. The highest BCUT2D eigenvalue weighted by Crippen LogP contribution is 2.31. The number of amides is 2. The Labute approximate surface area is 194 Å². The lowest BCUT2D eigenvalue weighted by molar-refractivity contribution is -0.129. The summed E-state index contributed by atoms with van der Waals surface area (Å²) >= 11 is 7.71. The Hall–Kier alpha value is -2.98. The predicted octanol–water partition coefficient (Wildman–Crippen LogP) is 3.57. The van der Waals surface area contributed by atoms with E-state index in [-0.39, 0.29) is 17.8 Å². The van der Waals surface area contributed by atoms with Crippen molar-refractivity contribution in [1.29, 1.82) is 0 Å². The number of hydrogen-bond donors (Lipinski definition) is 0. The lowest BCUT2D eigenvalue weighted by atomic mass is 10.3. The molecule has 0 radical (unpaired) electrons. The Bertz CT molecular complexity index is 1080. The third kappa shape index (κ3) is 4.76. The van der Waals surface area contributed by atoms with Gasteiger partial charge in [0.1, 0.15) is 0 Å². The van der Waals surface area contributed by atoms with Crippen molar-refractivity contribution in [3.63, 3.8) is 0 Å². The Morgan fingerprint density at radius 3 is 2.53 bits per heavy atom. The number of aromatic nitrogens is 3. The maximum atomic E-state index is 12.8. The summed E-state index contributed by atoms with van der Waals surface area (Å²) in [6, 6.07) is 10.9. The van der Waals surface area contributed by atoms with Crippen molar-refractivity contribution in [1.82, 2.24) is 24.6 Å². The maximum Gasteiger partial charge on any atom is 0.409 e. The summed E-state index contributed by atoms with van der Waals surface area (Å²) in [5, 5.41) is 9.61. The molecule has 0 spiro atoms. The van der Waals surface area contributed by atoms with E-state index >= 15 is 0 Å². The van der Waals surface area contributed by atoms with Crippen LogP contribution in [0.2, 0.25) is 5.02 Å². The number of halogens is 1. The van der Waals surface area contributed by atoms with Crippen molar-refractivity contribution < 1.29 is 18.7 Å². The van der Waals surface area contributed by atoms with Crippen molar-refractivity contribution in [3.05, 3.63) is 47.7 Å². The third-order valence-electron chi connectivity index (χ3n) is 4.95. The first-order valence-electron chi connectivity index (χ1n) is 10.1. The van der Waals surface area contributed by atoms with Crippen molar-refractivity contribution in [2.75, 3.05) is 38.5 Å². The second-order valence-corrected chi connectivity index (χ2v) is 8.28. The zero-order valence-corrected chi connectivity index (χ0v) is 19.0. The molecule has 1 aliphatic rings. The molecule has 3 heterocycles. The number of thioether (sulfide) groups is 1. The Kier molecular flexibility index (Phi) is 7.01. The van der Waals surface area contributed by atoms with Crippen LogP contribution in [0.1, 0.15) is 6.92 Å². The van der Waals surface area contributed by atoms with Crippen LogP contribution in [0.3, 0.4) is 0 Å². The molecule has 0 unspecified atom stereocenters. The molecule has 0 atom stereocenters. The van der Waals surface area contributed by atoms with Crippen molar-refractivity contribution in [2.45, 2.75) is 12.1 Å². The van der Waals surface area contributed by atoms with Crippen molar-refractivity contribution >= 4 is 35.4 Å². The molecule has 2 amide bonds. The molecule has 9 nitrogen and oxygen atoms in total. The highest BCUT2D eigenvalue weighted by molar-refractivity contribution is 7.99. The summed E-state index contributed by atoms with van der Waals surface area (Å²) in [4.78, 5) is 28.0. The first-order valence-corrected chi connectivity index (χ1v) is 11.5. The van der Waals surface area contributed by atoms with Crippen LogP contribution in [-0.4, -0.2) is 75.1 Å². The molecule has 1 fully saturated rings. The summed E-state index contributed by atoms with van der Waals surface area (Å²) < 4.78 is 12.3. The van der Waals surface area contributed by atoms with E-state index < -0.39 is 0 Å². The van der Waals surface area contributed by atoms with Gasteiger partial charge in [-0.05, 0) is 31.2 Å². The van der Waals surface area contributed by atoms with Gasteiger partial charge in [0, 0.05) is 26.2 Å². The summed E-state index contributed by atoms with van der Waals surface area (Å²) in [7, 11) is 0. The lowest BCUT2D eigenvalue weighted by Crippen LogP contribution is -2.51. The molecule has 32 heavy (non-hydrogen) atoms. The average Bonchev–Trinajstić information content (AvgIpc) is 3.48. The summed E-state index contributed by atoms with van der Waals surface area (Å²) in [6.45, 7) is 3.94. The fourth-order valence-corrected chi connectivity index (χ4v) is 4.42. The first kappa shape index (κ1) is 22.2. The van der Waals surface area contributed by atoms with Gasteiger partial charge < -0.3 is 19.0 Å². The molecule has 1 saturated heterocycles. The zero-order chi connectivity index (χ0) is 22.5. The Balaban J connectivity index is 1.47. The van der Waals surface area contributed by atoms with E-state index in [1.807, 2.05) is 18.2 Å². The van der Waals surface area contributed by atoms with E-state index in [9.17, 15) is 9.59 Å². The number of para-hydroxylation sites is 1. The Morgan fingerprint density at radius 2 is 1.84 bits per heavy atom. The van der Waals surface area contributed by atoms with Crippen LogP contribution in [0, 0.1) is 0 Å². The topological polar surface area (TPSA) is 93.7 Å².